The molecule has 0 radical (unpaired) electrons. The van der Waals surface area contributed by atoms with Gasteiger partial charge in [-0.25, -0.2) is 4.98 Å². The molecule has 0 fully saturated rings. The SMILES string of the molecule is [2H]c1c([2H])c([2H])c(-c2cccc(-c3c([2H])c([2H])c([2H])c([2H])c3[2H])c2-[n+]2[c-]n(-c3[c-]c(Oc4[c-]c5c6c(c4)B4c7ccccc7Oc7ccc8ccc(c6c8c74)n5-c4cc(C(C)(C)C)ccn4)ccc3)c3ccccc32)c([2H])c1[2H].[Pt]. The van der Waals surface area contributed by atoms with Crippen LogP contribution in [-0.4, -0.2) is 20.8 Å². The standard InChI is InChI=1S/C62H41BN4O2.Pt/c1-62(2,3)42-32-33-64-56(34-42)67-52-30-28-41-29-31-55-60-57(41)59(52)58-49(63(60)48-24-10-13-27-54(48)69-55)36-45(37-53(58)67)68-44-21-14-20-43(35-44)65-38-66(51-26-12-11-25-50(51)65)61-46(39-16-6-4-7-17-39)22-15-23-47(61)40-18-8-5-9-19-40;/h4-34,36H,1-3H3;/q-2;/i4D,5D,6D,7D,8D,9D,16D,17D,18D,19D;. The van der Waals surface area contributed by atoms with E-state index in [1.165, 1.54) is 0 Å². The van der Waals surface area contributed by atoms with E-state index in [0.29, 0.717) is 28.2 Å². The van der Waals surface area contributed by atoms with Crippen LogP contribution in [0.1, 0.15) is 40.0 Å². The molecule has 0 saturated heterocycles. The van der Waals surface area contributed by atoms with Gasteiger partial charge in [-0.15, -0.1) is 29.7 Å². The maximum absolute atomic E-state index is 9.10. The van der Waals surface area contributed by atoms with E-state index in [-0.39, 0.29) is 61.1 Å². The Morgan fingerprint density at radius 2 is 1.39 bits per heavy atom. The number of nitrogens with zero attached hydrogens (tertiary/aromatic N) is 4. The summed E-state index contributed by atoms with van der Waals surface area (Å²) in [5.41, 5.74) is 7.64. The average Bonchev–Trinajstić information content (AvgIpc) is 2.17. The van der Waals surface area contributed by atoms with Gasteiger partial charge >= 0.3 is 0 Å². The normalized spacial score (nSPS) is 14.5. The molecule has 0 N–H and O–H groups in total. The summed E-state index contributed by atoms with van der Waals surface area (Å²) in [7, 11) is 0. The van der Waals surface area contributed by atoms with Crippen molar-refractivity contribution in [3.8, 4) is 62.4 Å². The minimum absolute atomic E-state index is 0. The Morgan fingerprint density at radius 1 is 0.657 bits per heavy atom. The number of imidazole rings is 1. The number of hydrogen-bond donors (Lipinski definition) is 0. The van der Waals surface area contributed by atoms with E-state index in [4.69, 9.17) is 28.2 Å². The molecule has 8 heteroatoms. The topological polar surface area (TPSA) is 45.1 Å². The summed E-state index contributed by atoms with van der Waals surface area (Å²) in [6.07, 6.45) is 5.31. The molecule has 14 rings (SSSR count). The van der Waals surface area contributed by atoms with E-state index in [2.05, 4.69) is 92.3 Å². The Balaban J connectivity index is 0.00000605. The molecule has 0 unspecified atom stereocenters. The van der Waals surface area contributed by atoms with Crippen molar-refractivity contribution in [1.82, 2.24) is 14.1 Å². The van der Waals surface area contributed by atoms with Crippen LogP contribution in [0.5, 0.6) is 23.0 Å². The molecule has 0 saturated carbocycles. The summed E-state index contributed by atoms with van der Waals surface area (Å²) >= 11 is 0. The zero-order valence-corrected chi connectivity index (χ0v) is 40.0. The number of benzene rings is 9. The van der Waals surface area contributed by atoms with Gasteiger partial charge in [-0.05, 0) is 96.3 Å². The smallest absolute Gasteiger partial charge is 0.268 e. The third-order valence-electron chi connectivity index (χ3n) is 13.4. The fourth-order valence-electron chi connectivity index (χ4n) is 10.4. The zero-order valence-electron chi connectivity index (χ0n) is 47.7. The number of aromatic nitrogens is 4. The average molecular weight is 1090 g/mol. The minimum Gasteiger partial charge on any atom is -0.510 e. The maximum Gasteiger partial charge on any atom is 0.268 e. The van der Waals surface area contributed by atoms with Crippen LogP contribution in [0, 0.1) is 18.5 Å². The molecular formula is C62H41BN4O2Pt-2. The van der Waals surface area contributed by atoms with Crippen molar-refractivity contribution in [2.45, 2.75) is 26.2 Å². The van der Waals surface area contributed by atoms with Crippen LogP contribution in [0.15, 0.2) is 194 Å². The van der Waals surface area contributed by atoms with E-state index in [1.54, 1.807) is 27.3 Å². The van der Waals surface area contributed by atoms with Crippen molar-refractivity contribution in [3.05, 3.63) is 218 Å². The minimum atomic E-state index is -0.576. The summed E-state index contributed by atoms with van der Waals surface area (Å²) in [5.74, 6) is 3.10. The Bertz CT molecular complexity index is 4560. The largest absolute Gasteiger partial charge is 0.510 e. The second kappa shape index (κ2) is 16.0. The molecule has 6 nitrogen and oxygen atoms in total. The number of para-hydroxylation sites is 4. The quantitative estimate of drug-likeness (QED) is 0.0908. The fourth-order valence-corrected chi connectivity index (χ4v) is 10.4. The second-order valence-electron chi connectivity index (χ2n) is 18.4. The van der Waals surface area contributed by atoms with Gasteiger partial charge in [0.15, 0.2) is 0 Å². The molecule has 2 aliphatic heterocycles. The number of fused-ring (bicyclic) bond motifs is 4. The van der Waals surface area contributed by atoms with E-state index >= 15 is 0 Å². The first-order valence-corrected chi connectivity index (χ1v) is 22.7. The fraction of sp³-hybridized carbons (Fsp3) is 0.0645. The predicted molar refractivity (Wildman–Crippen MR) is 278 cm³/mol. The second-order valence-corrected chi connectivity index (χ2v) is 18.4. The van der Waals surface area contributed by atoms with Gasteiger partial charge in [0.1, 0.15) is 17.3 Å². The molecule has 336 valence electrons. The van der Waals surface area contributed by atoms with Crippen molar-refractivity contribution in [2.24, 2.45) is 0 Å². The van der Waals surface area contributed by atoms with Gasteiger partial charge in [-0.3, -0.25) is 4.57 Å². The number of ether oxygens (including phenoxy) is 2. The molecule has 5 heterocycles. The third-order valence-corrected chi connectivity index (χ3v) is 13.4. The molecule has 9 aromatic carbocycles. The first-order valence-electron chi connectivity index (χ1n) is 27.7. The Labute approximate surface area is 434 Å². The molecule has 0 aliphatic carbocycles. The van der Waals surface area contributed by atoms with Crippen LogP contribution in [0.3, 0.4) is 0 Å². The Kier molecular flexibility index (Phi) is 7.50. The summed E-state index contributed by atoms with van der Waals surface area (Å²) < 4.78 is 107. The van der Waals surface area contributed by atoms with Gasteiger partial charge < -0.3 is 18.6 Å². The number of rotatable bonds is 7. The first-order chi connectivity index (χ1) is 38.0. The maximum atomic E-state index is 9.10. The molecule has 0 bridgehead atoms. The van der Waals surface area contributed by atoms with E-state index < -0.39 is 60.4 Å². The Hall–Kier alpha value is -7.99. The van der Waals surface area contributed by atoms with Crippen LogP contribution >= 0.6 is 0 Å². The first kappa shape index (κ1) is 32.7. The molecule has 3 aromatic heterocycles. The van der Waals surface area contributed by atoms with Crippen molar-refractivity contribution in [3.63, 3.8) is 0 Å². The summed E-state index contributed by atoms with van der Waals surface area (Å²) in [4.78, 5) is 5.00. The summed E-state index contributed by atoms with van der Waals surface area (Å²) in [6.45, 7) is 6.34. The van der Waals surface area contributed by atoms with E-state index in [0.717, 1.165) is 71.8 Å². The van der Waals surface area contributed by atoms with Gasteiger partial charge in [0.2, 0.25) is 6.71 Å². The van der Waals surface area contributed by atoms with E-state index in [9.17, 15) is 0 Å². The van der Waals surface area contributed by atoms with Crippen LogP contribution in [0.2, 0.25) is 0 Å². The molecular weight excluding hydrogens is 1040 g/mol. The van der Waals surface area contributed by atoms with Crippen molar-refractivity contribution >= 4 is 66.7 Å². The van der Waals surface area contributed by atoms with Crippen LogP contribution in [0.25, 0.3) is 83.1 Å². The molecule has 0 amide bonds. The number of hydrogen-bond acceptors (Lipinski definition) is 3. The van der Waals surface area contributed by atoms with Crippen molar-refractivity contribution in [2.75, 3.05) is 0 Å². The van der Waals surface area contributed by atoms with Gasteiger partial charge in [0, 0.05) is 44.3 Å². The zero-order chi connectivity index (χ0) is 54.7. The van der Waals surface area contributed by atoms with Gasteiger partial charge in [0.25, 0.3) is 6.33 Å². The van der Waals surface area contributed by atoms with Gasteiger partial charge in [-0.2, -0.15) is 17.6 Å². The molecule has 12 aromatic rings. The van der Waals surface area contributed by atoms with Crippen LogP contribution in [0.4, 0.5) is 0 Å². The van der Waals surface area contributed by atoms with Gasteiger partial charge in [-0.1, -0.05) is 160 Å². The van der Waals surface area contributed by atoms with Gasteiger partial charge in [0.05, 0.1) is 30.4 Å². The third kappa shape index (κ3) is 6.45. The monoisotopic (exact) mass is 1090 g/mol. The number of pyridine rings is 1. The summed E-state index contributed by atoms with van der Waals surface area (Å²) in [5, 5.41) is 4.36. The van der Waals surface area contributed by atoms with Crippen molar-refractivity contribution < 1.29 is 48.8 Å². The van der Waals surface area contributed by atoms with Crippen LogP contribution in [-0.2, 0) is 26.5 Å². The van der Waals surface area contributed by atoms with Crippen LogP contribution < -0.4 is 30.4 Å². The Morgan fingerprint density at radius 3 is 2.17 bits per heavy atom. The molecule has 0 atom stereocenters. The molecule has 0 spiro atoms. The van der Waals surface area contributed by atoms with E-state index in [1.807, 2.05) is 66.9 Å². The predicted octanol–water partition coefficient (Wildman–Crippen LogP) is 12.3. The molecule has 2 aliphatic rings. The molecule has 70 heavy (non-hydrogen) atoms. The van der Waals surface area contributed by atoms with Crippen molar-refractivity contribution in [1.29, 1.82) is 0 Å². The summed E-state index contributed by atoms with van der Waals surface area (Å²) in [6, 6.07) is 42.4.